The van der Waals surface area contributed by atoms with E-state index in [1.165, 1.54) is 152 Å². The molecular formula is C50H80Br2N4O2. The average molecular weight is 929 g/mol. The summed E-state index contributed by atoms with van der Waals surface area (Å²) in [6.45, 7) is 10.2. The third kappa shape index (κ3) is 23.9. The Morgan fingerprint density at radius 3 is 1.05 bits per heavy atom. The van der Waals surface area contributed by atoms with E-state index in [-0.39, 0.29) is 34.0 Å². The van der Waals surface area contributed by atoms with Crippen LogP contribution in [-0.2, 0) is 26.2 Å². The van der Waals surface area contributed by atoms with Gasteiger partial charge < -0.3 is 43.4 Å². The molecule has 0 aliphatic heterocycles. The van der Waals surface area contributed by atoms with Gasteiger partial charge >= 0.3 is 0 Å². The zero-order valence-electron chi connectivity index (χ0n) is 36.7. The van der Waals surface area contributed by atoms with Crippen molar-refractivity contribution in [3.63, 3.8) is 0 Å². The maximum absolute atomic E-state index is 6.02. The van der Waals surface area contributed by atoms with Crippen LogP contribution in [0.15, 0.2) is 86.0 Å². The van der Waals surface area contributed by atoms with Crippen LogP contribution in [0.1, 0.15) is 179 Å². The molecule has 8 heteroatoms. The summed E-state index contributed by atoms with van der Waals surface area (Å²) in [6.07, 6.45) is 45.3. The molecule has 0 atom stereocenters. The molecule has 4 rings (SSSR count). The lowest BCUT2D eigenvalue weighted by atomic mass is 10.1. The van der Waals surface area contributed by atoms with Crippen molar-refractivity contribution in [3.05, 3.63) is 97.1 Å². The van der Waals surface area contributed by atoms with E-state index < -0.39 is 0 Å². The second-order valence-electron chi connectivity index (χ2n) is 16.4. The molecule has 0 aliphatic carbocycles. The monoisotopic (exact) mass is 926 g/mol. The standard InChI is InChI=1S/C50H80N4O2.2BrH/c1-3-5-7-9-11-13-15-17-21-25-41-55-49-31-27-47(28-32-49)43-53-39-37-51(45-53)35-23-19-20-24-36-52-38-40-54(46-52)44-48-29-33-50(34-30-48)56-42-26-22-18-16-14-12-10-8-6-4-2;;/h27-34,37-40,45-46H,3-26,35-36,41-44H2,1-2H3;2*1H/q+2;;/p-2. The van der Waals surface area contributed by atoms with Crippen LogP contribution in [0.25, 0.3) is 0 Å². The van der Waals surface area contributed by atoms with Crippen molar-refractivity contribution in [1.29, 1.82) is 0 Å². The number of ether oxygens (including phenoxy) is 2. The van der Waals surface area contributed by atoms with Crippen LogP contribution in [0.4, 0.5) is 0 Å². The van der Waals surface area contributed by atoms with E-state index in [4.69, 9.17) is 9.47 Å². The molecular weight excluding hydrogens is 848 g/mol. The van der Waals surface area contributed by atoms with E-state index >= 15 is 0 Å². The summed E-state index contributed by atoms with van der Waals surface area (Å²) in [5.41, 5.74) is 2.62. The van der Waals surface area contributed by atoms with Gasteiger partial charge in [-0.15, -0.1) is 0 Å². The van der Waals surface area contributed by atoms with E-state index in [0.29, 0.717) is 0 Å². The van der Waals surface area contributed by atoms with Gasteiger partial charge in [0.2, 0.25) is 12.7 Å². The number of imidazole rings is 2. The van der Waals surface area contributed by atoms with Crippen LogP contribution in [0.2, 0.25) is 0 Å². The van der Waals surface area contributed by atoms with E-state index in [2.05, 4.69) is 118 Å². The van der Waals surface area contributed by atoms with Gasteiger partial charge in [0.1, 0.15) is 49.4 Å². The summed E-state index contributed by atoms with van der Waals surface area (Å²) in [5.74, 6) is 1.98. The van der Waals surface area contributed by atoms with Crippen LogP contribution in [-0.4, -0.2) is 22.3 Å². The molecule has 4 aromatic rings. The van der Waals surface area contributed by atoms with E-state index in [1.807, 2.05) is 0 Å². The molecule has 2 aromatic carbocycles. The number of halogens is 2. The van der Waals surface area contributed by atoms with Gasteiger partial charge in [0.05, 0.1) is 26.3 Å². The van der Waals surface area contributed by atoms with Gasteiger partial charge in [-0.3, -0.25) is 0 Å². The highest BCUT2D eigenvalue weighted by Crippen LogP contribution is 2.16. The minimum absolute atomic E-state index is 0. The molecule has 0 N–H and O–H groups in total. The molecule has 0 amide bonds. The molecule has 2 aromatic heterocycles. The summed E-state index contributed by atoms with van der Waals surface area (Å²) < 4.78 is 21.3. The lowest BCUT2D eigenvalue weighted by molar-refractivity contribution is -0.688. The van der Waals surface area contributed by atoms with Gasteiger partial charge in [0, 0.05) is 0 Å². The Labute approximate surface area is 375 Å². The fourth-order valence-corrected chi connectivity index (χ4v) is 7.63. The Morgan fingerprint density at radius 2 is 0.707 bits per heavy atom. The Kier molecular flexibility index (Phi) is 30.4. The zero-order chi connectivity index (χ0) is 39.1. The highest BCUT2D eigenvalue weighted by Gasteiger charge is 2.08. The van der Waals surface area contributed by atoms with E-state index in [0.717, 1.165) is 63.7 Å². The molecule has 0 aliphatic rings. The predicted molar refractivity (Wildman–Crippen MR) is 233 cm³/mol. The van der Waals surface area contributed by atoms with Gasteiger partial charge in [0.25, 0.3) is 0 Å². The molecule has 0 radical (unpaired) electrons. The Balaban J connectivity index is 0.00000580. The number of aryl methyl sites for hydroxylation is 2. The van der Waals surface area contributed by atoms with Crippen LogP contribution in [0, 0.1) is 0 Å². The minimum Gasteiger partial charge on any atom is -1.00 e. The number of hydrogen-bond donors (Lipinski definition) is 0. The fourth-order valence-electron chi connectivity index (χ4n) is 7.63. The van der Waals surface area contributed by atoms with Crippen molar-refractivity contribution in [3.8, 4) is 11.5 Å². The molecule has 0 bridgehead atoms. The first-order valence-electron chi connectivity index (χ1n) is 23.2. The molecule has 0 unspecified atom stereocenters. The average Bonchev–Trinajstić information content (AvgIpc) is 3.87. The quantitative estimate of drug-likeness (QED) is 0.0375. The molecule has 58 heavy (non-hydrogen) atoms. The van der Waals surface area contributed by atoms with Gasteiger partial charge in [-0.2, -0.15) is 0 Å². The van der Waals surface area contributed by atoms with Crippen LogP contribution >= 0.6 is 0 Å². The van der Waals surface area contributed by atoms with Crippen LogP contribution in [0.5, 0.6) is 11.5 Å². The van der Waals surface area contributed by atoms with Crippen molar-refractivity contribution >= 4 is 0 Å². The number of nitrogens with zero attached hydrogens (tertiary/aromatic N) is 4. The molecule has 0 spiro atoms. The first-order chi connectivity index (χ1) is 27.7. The normalized spacial score (nSPS) is 11.0. The van der Waals surface area contributed by atoms with Gasteiger partial charge in [-0.05, 0) is 73.9 Å². The minimum atomic E-state index is 0. The predicted octanol–water partition coefficient (Wildman–Crippen LogP) is 6.83. The highest BCUT2D eigenvalue weighted by atomic mass is 79.9. The first kappa shape index (κ1) is 51.6. The van der Waals surface area contributed by atoms with Gasteiger partial charge in [-0.25, -0.2) is 18.3 Å². The maximum atomic E-state index is 6.02. The van der Waals surface area contributed by atoms with E-state index in [1.54, 1.807) is 0 Å². The number of hydrogen-bond acceptors (Lipinski definition) is 2. The fraction of sp³-hybridized carbons (Fsp3) is 0.640. The first-order valence-corrected chi connectivity index (χ1v) is 23.2. The maximum Gasteiger partial charge on any atom is 0.244 e. The number of rotatable bonds is 35. The SMILES string of the molecule is CCCCCCCCCCCCOc1ccc(C[n+]2ccn(CCCCCCn3cc[n+](Cc4ccc(OCCCCCCCCCCCC)cc4)c3)c2)cc1.[Br-].[Br-]. The third-order valence-corrected chi connectivity index (χ3v) is 11.2. The van der Waals surface area contributed by atoms with Crippen molar-refractivity contribution in [2.75, 3.05) is 13.2 Å². The van der Waals surface area contributed by atoms with Crippen molar-refractivity contribution < 1.29 is 52.6 Å². The summed E-state index contributed by atoms with van der Waals surface area (Å²) in [5, 5.41) is 0. The molecule has 326 valence electrons. The van der Waals surface area contributed by atoms with Gasteiger partial charge in [0.15, 0.2) is 0 Å². The molecule has 0 fully saturated rings. The number of aromatic nitrogens is 4. The Hall–Kier alpha value is -2.58. The molecule has 2 heterocycles. The highest BCUT2D eigenvalue weighted by molar-refractivity contribution is 5.27. The smallest absolute Gasteiger partial charge is 0.244 e. The molecule has 0 saturated carbocycles. The van der Waals surface area contributed by atoms with Crippen molar-refractivity contribution in [1.82, 2.24) is 9.13 Å². The topological polar surface area (TPSA) is 36.1 Å². The number of unbranched alkanes of at least 4 members (excludes halogenated alkanes) is 21. The van der Waals surface area contributed by atoms with Crippen molar-refractivity contribution in [2.45, 2.75) is 194 Å². The number of benzene rings is 2. The second-order valence-corrected chi connectivity index (χ2v) is 16.4. The lowest BCUT2D eigenvalue weighted by Crippen LogP contribution is -3.00. The lowest BCUT2D eigenvalue weighted by Gasteiger charge is -2.07. The third-order valence-electron chi connectivity index (χ3n) is 11.2. The van der Waals surface area contributed by atoms with Crippen molar-refractivity contribution in [2.24, 2.45) is 0 Å². The Morgan fingerprint density at radius 1 is 0.397 bits per heavy atom. The largest absolute Gasteiger partial charge is 1.00 e. The summed E-state index contributed by atoms with van der Waals surface area (Å²) in [6, 6.07) is 17.3. The van der Waals surface area contributed by atoms with E-state index in [9.17, 15) is 0 Å². The Bertz CT molecular complexity index is 1390. The second kappa shape index (κ2) is 34.2. The summed E-state index contributed by atoms with van der Waals surface area (Å²) >= 11 is 0. The zero-order valence-corrected chi connectivity index (χ0v) is 39.8. The molecule has 0 saturated heterocycles. The molecule has 6 nitrogen and oxygen atoms in total. The van der Waals surface area contributed by atoms with Crippen LogP contribution in [0.3, 0.4) is 0 Å². The van der Waals surface area contributed by atoms with Gasteiger partial charge in [-0.1, -0.05) is 154 Å². The summed E-state index contributed by atoms with van der Waals surface area (Å²) in [7, 11) is 0. The van der Waals surface area contributed by atoms with Crippen LogP contribution < -0.4 is 52.6 Å². The summed E-state index contributed by atoms with van der Waals surface area (Å²) in [4.78, 5) is 0.